The molecule has 0 amide bonds. The molecule has 0 aliphatic heterocycles. The maximum absolute atomic E-state index is 9.79. The third-order valence-electron chi connectivity index (χ3n) is 1.39. The highest BCUT2D eigenvalue weighted by Gasteiger charge is 2.07. The smallest absolute Gasteiger partial charge is 0.192 e. The van der Waals surface area contributed by atoms with E-state index in [0.717, 1.165) is 12.8 Å². The first-order valence-corrected chi connectivity index (χ1v) is 3.98. The molecule has 0 rings (SSSR count). The average Bonchev–Trinajstić information content (AvgIpc) is 1.85. The van der Waals surface area contributed by atoms with Gasteiger partial charge in [-0.1, -0.05) is 26.7 Å². The van der Waals surface area contributed by atoms with Crippen molar-refractivity contribution in [2.75, 3.05) is 0 Å². The van der Waals surface area contributed by atoms with Crippen molar-refractivity contribution in [2.24, 2.45) is 5.41 Å². The summed E-state index contributed by atoms with van der Waals surface area (Å²) in [4.78, 5) is 9.79. The molecule has 0 radical (unpaired) electrons. The first-order chi connectivity index (χ1) is 5.06. The van der Waals surface area contributed by atoms with Crippen LogP contribution in [0.15, 0.2) is 0 Å². The third kappa shape index (κ3) is 9.23. The van der Waals surface area contributed by atoms with Gasteiger partial charge in [-0.2, -0.15) is 0 Å². The number of unbranched alkanes of at least 4 members (excludes halogenated alkanes) is 1. The van der Waals surface area contributed by atoms with Gasteiger partial charge in [-0.3, -0.25) is 4.79 Å². The van der Waals surface area contributed by atoms with E-state index in [0.29, 0.717) is 11.7 Å². The fourth-order valence-electron chi connectivity index (χ4n) is 0.821. The Bertz CT molecular complexity index is 164. The van der Waals surface area contributed by atoms with Crippen LogP contribution in [0.1, 0.15) is 40.0 Å². The lowest BCUT2D eigenvalue weighted by Crippen LogP contribution is -2.03. The molecule has 1 heteroatoms. The minimum Gasteiger partial charge on any atom is -0.289 e. The summed E-state index contributed by atoms with van der Waals surface area (Å²) in [6, 6.07) is 0. The number of hydrogen-bond acceptors (Lipinski definition) is 1. The summed E-state index contributed by atoms with van der Waals surface area (Å²) in [6.07, 6.45) is 3.75. The van der Waals surface area contributed by atoms with E-state index in [-0.39, 0.29) is 0 Å². The molecule has 0 aromatic carbocycles. The van der Waals surface area contributed by atoms with E-state index in [9.17, 15) is 4.79 Å². The van der Waals surface area contributed by atoms with E-state index >= 15 is 0 Å². The van der Waals surface area contributed by atoms with Crippen molar-refractivity contribution in [1.82, 2.24) is 0 Å². The second kappa shape index (κ2) is 4.96. The van der Waals surface area contributed by atoms with Gasteiger partial charge in [0.1, 0.15) is 0 Å². The number of rotatable bonds is 2. The third-order valence-corrected chi connectivity index (χ3v) is 1.39. The van der Waals surface area contributed by atoms with Crippen molar-refractivity contribution in [3.05, 3.63) is 0 Å². The van der Waals surface area contributed by atoms with Gasteiger partial charge in [0.15, 0.2) is 6.29 Å². The van der Waals surface area contributed by atoms with Gasteiger partial charge in [0.05, 0.1) is 0 Å². The predicted molar refractivity (Wildman–Crippen MR) is 47.1 cm³/mol. The Kier molecular flexibility index (Phi) is 4.61. The van der Waals surface area contributed by atoms with Crippen molar-refractivity contribution >= 4 is 6.29 Å². The maximum atomic E-state index is 9.79. The largest absolute Gasteiger partial charge is 0.289 e. The SMILES string of the molecule is CC(C)(C)CCCC#CC=O. The van der Waals surface area contributed by atoms with Crippen LogP contribution in [-0.4, -0.2) is 6.29 Å². The van der Waals surface area contributed by atoms with Crippen LogP contribution in [0.2, 0.25) is 0 Å². The highest BCUT2D eigenvalue weighted by atomic mass is 16.1. The normalized spacial score (nSPS) is 10.1. The summed E-state index contributed by atoms with van der Waals surface area (Å²) in [7, 11) is 0. The molecule has 0 saturated carbocycles. The van der Waals surface area contributed by atoms with E-state index in [4.69, 9.17) is 0 Å². The van der Waals surface area contributed by atoms with Crippen LogP contribution in [-0.2, 0) is 4.79 Å². The van der Waals surface area contributed by atoms with E-state index in [1.807, 2.05) is 0 Å². The van der Waals surface area contributed by atoms with Gasteiger partial charge in [0.25, 0.3) is 0 Å². The second-order valence-corrected chi connectivity index (χ2v) is 3.85. The highest BCUT2D eigenvalue weighted by Crippen LogP contribution is 2.20. The van der Waals surface area contributed by atoms with Crippen molar-refractivity contribution < 1.29 is 4.79 Å². The maximum Gasteiger partial charge on any atom is 0.192 e. The number of aldehydes is 1. The Morgan fingerprint density at radius 1 is 1.36 bits per heavy atom. The monoisotopic (exact) mass is 152 g/mol. The van der Waals surface area contributed by atoms with E-state index in [2.05, 4.69) is 32.6 Å². The van der Waals surface area contributed by atoms with Crippen LogP contribution in [0.25, 0.3) is 0 Å². The Hall–Kier alpha value is -0.770. The van der Waals surface area contributed by atoms with Gasteiger partial charge in [0.2, 0.25) is 0 Å². The van der Waals surface area contributed by atoms with Gasteiger partial charge in [0, 0.05) is 6.42 Å². The van der Waals surface area contributed by atoms with Gasteiger partial charge in [-0.25, -0.2) is 0 Å². The fourth-order valence-corrected chi connectivity index (χ4v) is 0.821. The van der Waals surface area contributed by atoms with Crippen LogP contribution < -0.4 is 0 Å². The van der Waals surface area contributed by atoms with Crippen LogP contribution in [0.4, 0.5) is 0 Å². The zero-order chi connectivity index (χ0) is 8.74. The number of hydrogen-bond donors (Lipinski definition) is 0. The first-order valence-electron chi connectivity index (χ1n) is 3.98. The number of carbonyl (C=O) groups is 1. The molecular weight excluding hydrogens is 136 g/mol. The van der Waals surface area contributed by atoms with Crippen molar-refractivity contribution in [2.45, 2.75) is 40.0 Å². The lowest BCUT2D eigenvalue weighted by atomic mass is 9.90. The molecule has 0 saturated heterocycles. The molecule has 62 valence electrons. The number of carbonyl (C=O) groups excluding carboxylic acids is 1. The van der Waals surface area contributed by atoms with Crippen molar-refractivity contribution in [3.8, 4) is 11.8 Å². The lowest BCUT2D eigenvalue weighted by Gasteiger charge is -2.16. The van der Waals surface area contributed by atoms with Gasteiger partial charge in [-0.15, -0.1) is 0 Å². The lowest BCUT2D eigenvalue weighted by molar-refractivity contribution is -0.103. The minimum atomic E-state index is 0.392. The Labute approximate surface area is 69.2 Å². The summed E-state index contributed by atoms with van der Waals surface area (Å²) in [5, 5.41) is 0. The Morgan fingerprint density at radius 2 is 2.00 bits per heavy atom. The molecule has 0 atom stereocenters. The minimum absolute atomic E-state index is 0.392. The molecule has 0 aromatic rings. The molecule has 0 aliphatic rings. The molecule has 0 fully saturated rings. The van der Waals surface area contributed by atoms with Gasteiger partial charge in [-0.05, 0) is 24.2 Å². The Morgan fingerprint density at radius 3 is 2.45 bits per heavy atom. The zero-order valence-electron chi connectivity index (χ0n) is 7.61. The standard InChI is InChI=1S/C10H16O/c1-10(2,3)8-6-4-5-7-9-11/h9H,4,6,8H2,1-3H3. The van der Waals surface area contributed by atoms with Crippen LogP contribution in [0, 0.1) is 17.3 Å². The molecule has 0 heterocycles. The zero-order valence-corrected chi connectivity index (χ0v) is 7.61. The van der Waals surface area contributed by atoms with Crippen molar-refractivity contribution in [3.63, 3.8) is 0 Å². The second-order valence-electron chi connectivity index (χ2n) is 3.85. The summed E-state index contributed by atoms with van der Waals surface area (Å²) >= 11 is 0. The summed E-state index contributed by atoms with van der Waals surface area (Å²) < 4.78 is 0. The molecule has 0 N–H and O–H groups in total. The van der Waals surface area contributed by atoms with Crippen molar-refractivity contribution in [1.29, 1.82) is 0 Å². The van der Waals surface area contributed by atoms with Crippen LogP contribution in [0.5, 0.6) is 0 Å². The van der Waals surface area contributed by atoms with Gasteiger partial charge >= 0.3 is 0 Å². The molecule has 0 spiro atoms. The molecular formula is C10H16O. The highest BCUT2D eigenvalue weighted by molar-refractivity contribution is 5.72. The molecule has 0 aliphatic carbocycles. The van der Waals surface area contributed by atoms with E-state index in [1.165, 1.54) is 6.42 Å². The van der Waals surface area contributed by atoms with E-state index in [1.54, 1.807) is 0 Å². The molecule has 11 heavy (non-hydrogen) atoms. The van der Waals surface area contributed by atoms with E-state index < -0.39 is 0 Å². The average molecular weight is 152 g/mol. The Balaban J connectivity index is 3.35. The first kappa shape index (κ1) is 10.2. The summed E-state index contributed by atoms with van der Waals surface area (Å²) in [5.74, 6) is 5.19. The van der Waals surface area contributed by atoms with Crippen LogP contribution in [0.3, 0.4) is 0 Å². The summed E-state index contributed by atoms with van der Waals surface area (Å²) in [5.41, 5.74) is 0.392. The molecule has 0 aromatic heterocycles. The molecule has 1 nitrogen and oxygen atoms in total. The van der Waals surface area contributed by atoms with Gasteiger partial charge < -0.3 is 0 Å². The van der Waals surface area contributed by atoms with Crippen LogP contribution >= 0.6 is 0 Å². The predicted octanol–water partition coefficient (Wildman–Crippen LogP) is 2.41. The molecule has 0 bridgehead atoms. The topological polar surface area (TPSA) is 17.1 Å². The molecule has 0 unspecified atom stereocenters. The fraction of sp³-hybridized carbons (Fsp3) is 0.700. The quantitative estimate of drug-likeness (QED) is 0.337. The summed E-state index contributed by atoms with van der Waals surface area (Å²) in [6.45, 7) is 6.63.